The van der Waals surface area contributed by atoms with Gasteiger partial charge in [0.25, 0.3) is 0 Å². The van der Waals surface area contributed by atoms with Crippen LogP contribution in [0.15, 0.2) is 36.9 Å². The number of benzene rings is 1. The number of halogens is 3. The van der Waals surface area contributed by atoms with E-state index in [0.717, 1.165) is 66.5 Å². The number of fused-ring (bicyclic) bond motifs is 2. The van der Waals surface area contributed by atoms with E-state index in [-0.39, 0.29) is 11.8 Å². The van der Waals surface area contributed by atoms with Crippen LogP contribution in [0.1, 0.15) is 24.4 Å². The van der Waals surface area contributed by atoms with Gasteiger partial charge in [0.15, 0.2) is 5.82 Å². The van der Waals surface area contributed by atoms with E-state index in [9.17, 15) is 13.2 Å². The van der Waals surface area contributed by atoms with Crippen LogP contribution < -0.4 is 9.64 Å². The van der Waals surface area contributed by atoms with Crippen LogP contribution in [0.3, 0.4) is 0 Å². The Morgan fingerprint density at radius 3 is 2.45 bits per heavy atom. The molecule has 3 heterocycles. The Kier molecular flexibility index (Phi) is 5.74. The summed E-state index contributed by atoms with van der Waals surface area (Å²) in [6.45, 7) is 3.75. The predicted octanol–water partition coefficient (Wildman–Crippen LogP) is 4.55. The maximum Gasteiger partial charge on any atom is 0.325 e. The fourth-order valence-electron chi connectivity index (χ4n) is 5.03. The third-order valence-electron chi connectivity index (χ3n) is 6.45. The maximum absolute atomic E-state index is 13.5. The van der Waals surface area contributed by atoms with Crippen LogP contribution in [0.5, 0.6) is 11.8 Å². The monoisotopic (exact) mass is 456 g/mol. The fraction of sp³-hybridized carbons (Fsp3) is 0.391. The van der Waals surface area contributed by atoms with Gasteiger partial charge < -0.3 is 9.64 Å². The van der Waals surface area contributed by atoms with E-state index in [1.54, 1.807) is 6.33 Å². The number of aryl methyl sites for hydroxylation is 1. The molecule has 2 aliphatic rings. The maximum atomic E-state index is 13.5. The van der Waals surface area contributed by atoms with E-state index < -0.39 is 11.6 Å². The molecule has 3 aromatic rings. The topological polar surface area (TPSA) is 69.0 Å². The van der Waals surface area contributed by atoms with Crippen LogP contribution in [0.2, 0.25) is 0 Å². The van der Waals surface area contributed by atoms with Crippen LogP contribution in [-0.2, 0) is 6.42 Å². The molecule has 7 nitrogen and oxygen atoms in total. The summed E-state index contributed by atoms with van der Waals surface area (Å²) in [4.78, 5) is 15.3. The molecule has 0 spiro atoms. The number of hydrogen-bond acceptors (Lipinski definition) is 6. The van der Waals surface area contributed by atoms with Crippen molar-refractivity contribution in [3.63, 3.8) is 0 Å². The lowest BCUT2D eigenvalue weighted by molar-refractivity contribution is 0.264. The normalized spacial score (nSPS) is 22.3. The molecule has 1 saturated carbocycles. The lowest BCUT2D eigenvalue weighted by Crippen LogP contribution is -2.43. The van der Waals surface area contributed by atoms with Gasteiger partial charge in [-0.1, -0.05) is 0 Å². The van der Waals surface area contributed by atoms with E-state index in [0.29, 0.717) is 36.3 Å². The zero-order chi connectivity index (χ0) is 22.9. The quantitative estimate of drug-likeness (QED) is 0.542. The predicted molar refractivity (Wildman–Crippen MR) is 115 cm³/mol. The van der Waals surface area contributed by atoms with Gasteiger partial charge in [-0.15, -0.1) is 5.10 Å². The van der Waals surface area contributed by atoms with E-state index >= 15 is 0 Å². The van der Waals surface area contributed by atoms with Gasteiger partial charge in [-0.2, -0.15) is 9.67 Å². The van der Waals surface area contributed by atoms with Gasteiger partial charge >= 0.3 is 6.01 Å². The smallest absolute Gasteiger partial charge is 0.325 e. The molecule has 1 saturated heterocycles. The minimum absolute atomic E-state index is 0.0508. The summed E-state index contributed by atoms with van der Waals surface area (Å²) in [5.74, 6) is 1.13. The molecule has 2 bridgehead atoms. The molecular weight excluding hydrogens is 433 g/mol. The highest BCUT2D eigenvalue weighted by atomic mass is 19.1. The van der Waals surface area contributed by atoms with Crippen molar-refractivity contribution >= 4 is 12.0 Å². The number of hydrogen-bond donors (Lipinski definition) is 0. The fourth-order valence-corrected chi connectivity index (χ4v) is 5.03. The van der Waals surface area contributed by atoms with Crippen molar-refractivity contribution in [3.05, 3.63) is 60.1 Å². The van der Waals surface area contributed by atoms with Crippen LogP contribution >= 0.6 is 0 Å². The van der Waals surface area contributed by atoms with Gasteiger partial charge in [0.05, 0.1) is 6.20 Å². The molecule has 2 unspecified atom stereocenters. The van der Waals surface area contributed by atoms with Gasteiger partial charge in [0.2, 0.25) is 0 Å². The Bertz CT molecular complexity index is 1150. The van der Waals surface area contributed by atoms with Crippen molar-refractivity contribution in [2.24, 2.45) is 17.8 Å². The lowest BCUT2D eigenvalue weighted by atomic mass is 9.82. The molecule has 1 aromatic carbocycles. The van der Waals surface area contributed by atoms with Crippen molar-refractivity contribution in [2.75, 3.05) is 18.0 Å². The molecular formula is C23H23F3N6O. The molecule has 0 radical (unpaired) electrons. The number of anilines is 1. The van der Waals surface area contributed by atoms with E-state index in [4.69, 9.17) is 4.74 Å². The third kappa shape index (κ3) is 4.55. The number of nitrogens with zero attached hydrogens (tertiary/aromatic N) is 6. The highest BCUT2D eigenvalue weighted by Crippen LogP contribution is 2.44. The largest absolute Gasteiger partial charge is 0.424 e. The van der Waals surface area contributed by atoms with E-state index in [2.05, 4.69) is 25.0 Å². The van der Waals surface area contributed by atoms with Gasteiger partial charge in [0.1, 0.15) is 35.9 Å². The summed E-state index contributed by atoms with van der Waals surface area (Å²) < 4.78 is 46.6. The molecule has 2 fully saturated rings. The van der Waals surface area contributed by atoms with Crippen molar-refractivity contribution in [1.82, 2.24) is 24.7 Å². The zero-order valence-electron chi connectivity index (χ0n) is 18.0. The molecule has 10 heteroatoms. The first-order valence-corrected chi connectivity index (χ1v) is 10.9. The minimum atomic E-state index is -0.778. The summed E-state index contributed by atoms with van der Waals surface area (Å²) in [5, 5.41) is 4.35. The third-order valence-corrected chi connectivity index (χ3v) is 6.45. The Labute approximate surface area is 188 Å². The summed E-state index contributed by atoms with van der Waals surface area (Å²) in [6.07, 6.45) is 5.81. The second-order valence-electron chi connectivity index (χ2n) is 8.63. The van der Waals surface area contributed by atoms with Crippen molar-refractivity contribution in [2.45, 2.75) is 26.2 Å². The van der Waals surface area contributed by atoms with Crippen LogP contribution in [-0.4, -0.2) is 37.8 Å². The summed E-state index contributed by atoms with van der Waals surface area (Å²) in [7, 11) is 0. The van der Waals surface area contributed by atoms with Crippen molar-refractivity contribution in [3.8, 4) is 11.8 Å². The zero-order valence-corrected chi connectivity index (χ0v) is 18.0. The van der Waals surface area contributed by atoms with Gasteiger partial charge in [-0.05, 0) is 37.5 Å². The molecule has 172 valence electrons. The Hall–Kier alpha value is -3.43. The molecule has 5 rings (SSSR count). The molecule has 33 heavy (non-hydrogen) atoms. The van der Waals surface area contributed by atoms with Crippen molar-refractivity contribution in [1.29, 1.82) is 0 Å². The number of ether oxygens (including phenoxy) is 1. The van der Waals surface area contributed by atoms with E-state index in [1.165, 1.54) is 0 Å². The average Bonchev–Trinajstić information content (AvgIpc) is 3.22. The molecule has 0 N–H and O–H groups in total. The Morgan fingerprint density at radius 1 is 1.06 bits per heavy atom. The van der Waals surface area contributed by atoms with Crippen LogP contribution in [0.25, 0.3) is 6.20 Å². The SMILES string of the molecule is Cc1cc(N2CC3CCC(C2)C3Cc2nc(Oc3cc(F)cc(F)c3)n(C=CF)n2)ncn1. The second kappa shape index (κ2) is 8.84. The first kappa shape index (κ1) is 21.4. The lowest BCUT2D eigenvalue weighted by Gasteiger charge is -2.38. The van der Waals surface area contributed by atoms with Crippen LogP contribution in [0.4, 0.5) is 19.0 Å². The van der Waals surface area contributed by atoms with Crippen molar-refractivity contribution < 1.29 is 17.9 Å². The number of rotatable bonds is 6. The number of piperidine rings is 1. The Balaban J connectivity index is 1.33. The summed E-state index contributed by atoms with van der Waals surface area (Å²) in [6, 6.07) is 4.77. The van der Waals surface area contributed by atoms with Gasteiger partial charge in [-0.25, -0.2) is 23.1 Å². The highest BCUT2D eigenvalue weighted by molar-refractivity contribution is 5.40. The summed E-state index contributed by atoms with van der Waals surface area (Å²) in [5.41, 5.74) is 0.941. The summed E-state index contributed by atoms with van der Waals surface area (Å²) >= 11 is 0. The second-order valence-corrected chi connectivity index (χ2v) is 8.63. The molecule has 2 aromatic heterocycles. The number of aromatic nitrogens is 5. The van der Waals surface area contributed by atoms with E-state index in [1.807, 2.05) is 13.0 Å². The average molecular weight is 456 g/mol. The Morgan fingerprint density at radius 2 is 1.79 bits per heavy atom. The minimum Gasteiger partial charge on any atom is -0.424 e. The first-order chi connectivity index (χ1) is 16.0. The molecule has 1 aliphatic heterocycles. The molecule has 0 amide bonds. The standard InChI is InChI=1S/C23H23F3N6O/c1-14-6-22(28-13-27-14)31-11-15-2-3-16(12-31)20(15)10-21-29-23(32(30-21)5-4-24)33-19-8-17(25)7-18(26)9-19/h4-9,13,15-16,20H,2-3,10-12H2,1H3. The van der Waals surface area contributed by atoms with Crippen LogP contribution in [0, 0.1) is 36.3 Å². The molecule has 1 aliphatic carbocycles. The highest BCUT2D eigenvalue weighted by Gasteiger charge is 2.42. The molecule has 2 atom stereocenters. The van der Waals surface area contributed by atoms with Gasteiger partial charge in [-0.3, -0.25) is 0 Å². The van der Waals surface area contributed by atoms with Gasteiger partial charge in [0, 0.05) is 49.5 Å². The first-order valence-electron chi connectivity index (χ1n) is 10.9.